The lowest BCUT2D eigenvalue weighted by atomic mass is 10.1. The summed E-state index contributed by atoms with van der Waals surface area (Å²) in [6.45, 7) is 7.94. The number of carbonyl (C=O) groups excluding carboxylic acids is 2. The van der Waals surface area contributed by atoms with Gasteiger partial charge in [0.25, 0.3) is 5.91 Å². The Balaban J connectivity index is 1.75. The third-order valence-corrected chi connectivity index (χ3v) is 4.48. The second-order valence-electron chi connectivity index (χ2n) is 6.69. The van der Waals surface area contributed by atoms with Crippen molar-refractivity contribution in [3.63, 3.8) is 0 Å². The number of unbranched alkanes of at least 4 members (excludes halogenated alkanes) is 2. The van der Waals surface area contributed by atoms with Gasteiger partial charge in [-0.3, -0.25) is 9.59 Å². The van der Waals surface area contributed by atoms with Gasteiger partial charge in [0.1, 0.15) is 5.75 Å². The van der Waals surface area contributed by atoms with E-state index in [1.165, 1.54) is 25.7 Å². The summed E-state index contributed by atoms with van der Waals surface area (Å²) in [6.07, 6.45) is 3.95. The third kappa shape index (κ3) is 6.33. The Morgan fingerprint density at radius 3 is 2.54 bits per heavy atom. The van der Waals surface area contributed by atoms with E-state index in [-0.39, 0.29) is 18.2 Å². The van der Waals surface area contributed by atoms with Gasteiger partial charge >= 0.3 is 0 Å². The van der Waals surface area contributed by atoms with Gasteiger partial charge in [-0.25, -0.2) is 0 Å². The van der Waals surface area contributed by atoms with Crippen LogP contribution in [-0.4, -0.2) is 49.0 Å². The standard InChI is InChI=1S/C20H31N3O3/c1-3-5-12-23(13-6-4-2)14-11-21-19(24)15-18-20(25)22-16-9-7-8-10-17(16)26-18/h7-10,18H,3-6,11-15H2,1-2H3,(H,21,24)(H,22,25)/t18-/m1/s1. The Morgan fingerprint density at radius 2 is 1.85 bits per heavy atom. The Kier molecular flexibility index (Phi) is 8.41. The molecule has 6 nitrogen and oxygen atoms in total. The number of nitrogens with zero attached hydrogens (tertiary/aromatic N) is 1. The third-order valence-electron chi connectivity index (χ3n) is 4.48. The van der Waals surface area contributed by atoms with Crippen molar-refractivity contribution in [2.24, 2.45) is 0 Å². The van der Waals surface area contributed by atoms with Crippen LogP contribution in [0.5, 0.6) is 5.75 Å². The molecule has 6 heteroatoms. The van der Waals surface area contributed by atoms with E-state index in [9.17, 15) is 9.59 Å². The van der Waals surface area contributed by atoms with Gasteiger partial charge < -0.3 is 20.3 Å². The van der Waals surface area contributed by atoms with Gasteiger partial charge in [-0.05, 0) is 38.1 Å². The van der Waals surface area contributed by atoms with Gasteiger partial charge in [-0.1, -0.05) is 38.8 Å². The van der Waals surface area contributed by atoms with Gasteiger partial charge in [0, 0.05) is 13.1 Å². The second-order valence-corrected chi connectivity index (χ2v) is 6.69. The molecular weight excluding hydrogens is 330 g/mol. The van der Waals surface area contributed by atoms with Gasteiger partial charge in [0.05, 0.1) is 12.1 Å². The highest BCUT2D eigenvalue weighted by Gasteiger charge is 2.29. The summed E-state index contributed by atoms with van der Waals surface area (Å²) in [6, 6.07) is 7.25. The van der Waals surface area contributed by atoms with Crippen LogP contribution in [0.25, 0.3) is 0 Å². The molecule has 0 aromatic heterocycles. The molecule has 1 atom stereocenters. The number of hydrogen-bond donors (Lipinski definition) is 2. The fourth-order valence-corrected chi connectivity index (χ4v) is 2.92. The number of ether oxygens (including phenoxy) is 1. The number of fused-ring (bicyclic) bond motifs is 1. The van der Waals surface area contributed by atoms with E-state index < -0.39 is 6.10 Å². The minimum absolute atomic E-state index is 0.0318. The number of carbonyl (C=O) groups is 2. The molecule has 26 heavy (non-hydrogen) atoms. The minimum Gasteiger partial charge on any atom is -0.478 e. The van der Waals surface area contributed by atoms with Gasteiger partial charge in [0.15, 0.2) is 6.10 Å². The van der Waals surface area contributed by atoms with E-state index in [0.717, 1.165) is 19.6 Å². The molecule has 144 valence electrons. The van der Waals surface area contributed by atoms with Gasteiger partial charge in [0.2, 0.25) is 5.91 Å². The van der Waals surface area contributed by atoms with E-state index in [0.29, 0.717) is 18.0 Å². The summed E-state index contributed by atoms with van der Waals surface area (Å²) < 4.78 is 5.67. The number of nitrogens with one attached hydrogen (secondary N) is 2. The second kappa shape index (κ2) is 10.8. The molecule has 0 saturated heterocycles. The fourth-order valence-electron chi connectivity index (χ4n) is 2.92. The first-order valence-electron chi connectivity index (χ1n) is 9.69. The maximum Gasteiger partial charge on any atom is 0.266 e. The summed E-state index contributed by atoms with van der Waals surface area (Å²) in [7, 11) is 0. The van der Waals surface area contributed by atoms with Crippen molar-refractivity contribution in [2.45, 2.75) is 52.1 Å². The zero-order valence-electron chi connectivity index (χ0n) is 15.9. The Bertz CT molecular complexity index is 583. The molecule has 0 unspecified atom stereocenters. The molecule has 2 rings (SSSR count). The Morgan fingerprint density at radius 1 is 1.15 bits per heavy atom. The number of amides is 2. The summed E-state index contributed by atoms with van der Waals surface area (Å²) in [4.78, 5) is 26.7. The average molecular weight is 361 g/mol. The number of para-hydroxylation sites is 2. The zero-order valence-corrected chi connectivity index (χ0v) is 15.9. The molecule has 1 aliphatic heterocycles. The molecule has 1 aromatic carbocycles. The van der Waals surface area contributed by atoms with Crippen LogP contribution in [0.15, 0.2) is 24.3 Å². The predicted molar refractivity (Wildman–Crippen MR) is 103 cm³/mol. The number of anilines is 1. The molecule has 0 bridgehead atoms. The zero-order chi connectivity index (χ0) is 18.8. The maximum atomic E-state index is 12.2. The van der Waals surface area contributed by atoms with Crippen molar-refractivity contribution < 1.29 is 14.3 Å². The largest absolute Gasteiger partial charge is 0.478 e. The van der Waals surface area contributed by atoms with E-state index in [1.807, 2.05) is 12.1 Å². The highest BCUT2D eigenvalue weighted by atomic mass is 16.5. The van der Waals surface area contributed by atoms with E-state index in [2.05, 4.69) is 29.4 Å². The van der Waals surface area contributed by atoms with Crippen molar-refractivity contribution in [1.29, 1.82) is 0 Å². The molecule has 1 aliphatic rings. The Hall–Kier alpha value is -2.08. The first-order valence-corrected chi connectivity index (χ1v) is 9.69. The smallest absolute Gasteiger partial charge is 0.266 e. The summed E-state index contributed by atoms with van der Waals surface area (Å²) >= 11 is 0. The summed E-state index contributed by atoms with van der Waals surface area (Å²) in [5.74, 6) is 0.178. The van der Waals surface area contributed by atoms with Gasteiger partial charge in [-0.2, -0.15) is 0 Å². The molecule has 1 heterocycles. The van der Waals surface area contributed by atoms with E-state index in [4.69, 9.17) is 4.74 Å². The monoisotopic (exact) mass is 361 g/mol. The van der Waals surface area contributed by atoms with Crippen LogP contribution < -0.4 is 15.4 Å². The normalized spacial score (nSPS) is 16.0. The maximum absolute atomic E-state index is 12.2. The lowest BCUT2D eigenvalue weighted by Crippen LogP contribution is -2.42. The van der Waals surface area contributed by atoms with Crippen LogP contribution in [0, 0.1) is 0 Å². The molecule has 0 saturated carbocycles. The SMILES string of the molecule is CCCCN(CCCC)CCNC(=O)C[C@H]1Oc2ccccc2NC1=O. The minimum atomic E-state index is -0.777. The van der Waals surface area contributed by atoms with Crippen LogP contribution in [0.3, 0.4) is 0 Å². The lowest BCUT2D eigenvalue weighted by molar-refractivity contribution is -0.130. The van der Waals surface area contributed by atoms with Crippen LogP contribution in [0.2, 0.25) is 0 Å². The highest BCUT2D eigenvalue weighted by molar-refractivity contribution is 5.99. The van der Waals surface area contributed by atoms with Crippen LogP contribution in [0.1, 0.15) is 46.0 Å². The Labute approximate surface area is 156 Å². The van der Waals surface area contributed by atoms with Crippen LogP contribution >= 0.6 is 0 Å². The van der Waals surface area contributed by atoms with E-state index >= 15 is 0 Å². The molecule has 0 radical (unpaired) electrons. The molecule has 0 fully saturated rings. The highest BCUT2D eigenvalue weighted by Crippen LogP contribution is 2.29. The van der Waals surface area contributed by atoms with Gasteiger partial charge in [-0.15, -0.1) is 0 Å². The molecule has 1 aromatic rings. The lowest BCUT2D eigenvalue weighted by Gasteiger charge is -2.25. The van der Waals surface area contributed by atoms with Crippen molar-refractivity contribution in [1.82, 2.24) is 10.2 Å². The quantitative estimate of drug-likeness (QED) is 0.636. The molecule has 0 spiro atoms. The van der Waals surface area contributed by atoms with Crippen molar-refractivity contribution in [3.8, 4) is 5.75 Å². The molecule has 2 N–H and O–H groups in total. The molecule has 2 amide bonds. The first kappa shape index (κ1) is 20.2. The molecule has 0 aliphatic carbocycles. The summed E-state index contributed by atoms with van der Waals surface area (Å²) in [5.41, 5.74) is 0.650. The predicted octanol–water partition coefficient (Wildman–Crippen LogP) is 2.79. The first-order chi connectivity index (χ1) is 12.6. The molecular formula is C20H31N3O3. The van der Waals surface area contributed by atoms with Crippen LogP contribution in [0.4, 0.5) is 5.69 Å². The number of rotatable bonds is 11. The summed E-state index contributed by atoms with van der Waals surface area (Å²) in [5, 5.41) is 5.70. The van der Waals surface area contributed by atoms with Crippen LogP contribution in [-0.2, 0) is 9.59 Å². The fraction of sp³-hybridized carbons (Fsp3) is 0.600. The van der Waals surface area contributed by atoms with Crippen molar-refractivity contribution in [2.75, 3.05) is 31.5 Å². The number of benzene rings is 1. The van der Waals surface area contributed by atoms with Crippen molar-refractivity contribution in [3.05, 3.63) is 24.3 Å². The average Bonchev–Trinajstić information content (AvgIpc) is 2.64. The topological polar surface area (TPSA) is 70.7 Å². The van der Waals surface area contributed by atoms with Crippen molar-refractivity contribution >= 4 is 17.5 Å². The van der Waals surface area contributed by atoms with E-state index in [1.54, 1.807) is 12.1 Å². The number of hydrogen-bond acceptors (Lipinski definition) is 4.